The lowest BCUT2D eigenvalue weighted by molar-refractivity contribution is 0.340. The van der Waals surface area contributed by atoms with Crippen LogP contribution >= 0.6 is 0 Å². The highest BCUT2D eigenvalue weighted by Gasteiger charge is 2.11. The summed E-state index contributed by atoms with van der Waals surface area (Å²) < 4.78 is 22.6. The number of hydrogen-bond donors (Lipinski definition) is 1. The van der Waals surface area contributed by atoms with Crippen LogP contribution in [0.15, 0.2) is 26.1 Å². The molecule has 1 aromatic heterocycles. The van der Waals surface area contributed by atoms with Crippen molar-refractivity contribution in [1.82, 2.24) is 4.98 Å². The first-order chi connectivity index (χ1) is 7.61. The highest BCUT2D eigenvalue weighted by Crippen LogP contribution is 2.22. The summed E-state index contributed by atoms with van der Waals surface area (Å²) in [4.78, 5) is 24.5. The van der Waals surface area contributed by atoms with E-state index in [-0.39, 0.29) is 23.3 Å². The average Bonchev–Trinajstić information content (AvgIpc) is 2.15. The molecule has 0 bridgehead atoms. The van der Waals surface area contributed by atoms with Crippen molar-refractivity contribution in [2.45, 2.75) is 6.92 Å². The number of aromatic amines is 1. The summed E-state index contributed by atoms with van der Waals surface area (Å²) in [5.41, 5.74) is -0.785. The maximum Gasteiger partial charge on any atom is 0.419 e. The van der Waals surface area contributed by atoms with Gasteiger partial charge < -0.3 is 9.15 Å². The molecule has 0 atom stereocenters. The van der Waals surface area contributed by atoms with Crippen LogP contribution in [0.25, 0.3) is 10.9 Å². The molecule has 0 saturated carbocycles. The minimum atomic E-state index is -0.925. The normalized spacial score (nSPS) is 10.6. The standard InChI is InChI=1S/C10H8FNO4/c1-2-15-7-4-5(11)3-6-8(7)9(13)16-10(14)12-6/h3-4H,2H2,1H3,(H,12,14). The zero-order chi connectivity index (χ0) is 11.7. The van der Waals surface area contributed by atoms with Gasteiger partial charge in [-0.05, 0) is 13.0 Å². The summed E-state index contributed by atoms with van der Waals surface area (Å²) in [5, 5.41) is 0.0304. The Hall–Kier alpha value is -2.11. The number of H-pyrrole nitrogens is 1. The zero-order valence-corrected chi connectivity index (χ0v) is 8.37. The number of halogens is 1. The minimum Gasteiger partial charge on any atom is -0.493 e. The molecule has 6 heteroatoms. The van der Waals surface area contributed by atoms with E-state index in [1.807, 2.05) is 0 Å². The molecule has 1 N–H and O–H groups in total. The van der Waals surface area contributed by atoms with Gasteiger partial charge in [0.1, 0.15) is 17.0 Å². The fourth-order valence-electron chi connectivity index (χ4n) is 1.43. The summed E-state index contributed by atoms with van der Waals surface area (Å²) in [6, 6.07) is 2.11. The molecule has 84 valence electrons. The van der Waals surface area contributed by atoms with Gasteiger partial charge in [0, 0.05) is 6.07 Å². The van der Waals surface area contributed by atoms with E-state index in [0.717, 1.165) is 12.1 Å². The monoisotopic (exact) mass is 225 g/mol. The molecule has 0 aliphatic carbocycles. The van der Waals surface area contributed by atoms with Crippen molar-refractivity contribution in [2.75, 3.05) is 6.61 Å². The molecule has 0 spiro atoms. The first-order valence-electron chi connectivity index (χ1n) is 4.61. The molecule has 0 fully saturated rings. The number of ether oxygens (including phenoxy) is 1. The van der Waals surface area contributed by atoms with Gasteiger partial charge in [0.15, 0.2) is 0 Å². The highest BCUT2D eigenvalue weighted by molar-refractivity contribution is 5.83. The zero-order valence-electron chi connectivity index (χ0n) is 8.37. The van der Waals surface area contributed by atoms with Gasteiger partial charge >= 0.3 is 11.4 Å². The van der Waals surface area contributed by atoms with E-state index in [1.54, 1.807) is 6.92 Å². The van der Waals surface area contributed by atoms with E-state index in [1.165, 1.54) is 0 Å². The summed E-state index contributed by atoms with van der Waals surface area (Å²) in [6.07, 6.45) is 0. The van der Waals surface area contributed by atoms with E-state index in [9.17, 15) is 14.0 Å². The van der Waals surface area contributed by atoms with E-state index in [0.29, 0.717) is 0 Å². The first kappa shape index (κ1) is 10.4. The van der Waals surface area contributed by atoms with Gasteiger partial charge in [-0.3, -0.25) is 4.98 Å². The van der Waals surface area contributed by atoms with Gasteiger partial charge in [-0.15, -0.1) is 0 Å². The third kappa shape index (κ3) is 1.69. The van der Waals surface area contributed by atoms with Crippen molar-refractivity contribution in [2.24, 2.45) is 0 Å². The number of rotatable bonds is 2. The second-order valence-corrected chi connectivity index (χ2v) is 3.06. The number of benzene rings is 1. The maximum atomic E-state index is 13.1. The molecular formula is C10H8FNO4. The quantitative estimate of drug-likeness (QED) is 0.828. The third-order valence-corrected chi connectivity index (χ3v) is 1.99. The third-order valence-electron chi connectivity index (χ3n) is 1.99. The van der Waals surface area contributed by atoms with Crippen LogP contribution in [0.1, 0.15) is 6.92 Å². The highest BCUT2D eigenvalue weighted by atomic mass is 19.1. The predicted octanol–water partition coefficient (Wildman–Crippen LogP) is 1.02. The van der Waals surface area contributed by atoms with Crippen LogP contribution in [-0.2, 0) is 0 Å². The number of nitrogens with one attached hydrogen (secondary N) is 1. The van der Waals surface area contributed by atoms with Crippen LogP contribution in [0.5, 0.6) is 5.75 Å². The van der Waals surface area contributed by atoms with Gasteiger partial charge in [-0.25, -0.2) is 14.0 Å². The molecule has 5 nitrogen and oxygen atoms in total. The molecular weight excluding hydrogens is 217 g/mol. The smallest absolute Gasteiger partial charge is 0.419 e. The molecule has 1 heterocycles. The number of hydrogen-bond acceptors (Lipinski definition) is 4. The molecule has 0 radical (unpaired) electrons. The molecule has 0 amide bonds. The van der Waals surface area contributed by atoms with E-state index >= 15 is 0 Å². The Labute approximate surface area is 88.5 Å². The SMILES string of the molecule is CCOc1cc(F)cc2[nH]c(=O)oc(=O)c12. The van der Waals surface area contributed by atoms with Gasteiger partial charge in [0.2, 0.25) is 0 Å². The van der Waals surface area contributed by atoms with Crippen molar-refractivity contribution in [3.8, 4) is 5.75 Å². The molecule has 0 aliphatic heterocycles. The molecule has 0 saturated heterocycles. The molecule has 0 unspecified atom stereocenters. The van der Waals surface area contributed by atoms with Crippen LogP contribution in [0, 0.1) is 5.82 Å². The maximum absolute atomic E-state index is 13.1. The Morgan fingerprint density at radius 3 is 2.88 bits per heavy atom. The minimum absolute atomic E-state index is 0.0304. The first-order valence-corrected chi connectivity index (χ1v) is 4.61. The molecule has 2 rings (SSSR count). The summed E-state index contributed by atoms with van der Waals surface area (Å²) in [5.74, 6) is -1.47. The number of aromatic nitrogens is 1. The lowest BCUT2D eigenvalue weighted by atomic mass is 10.2. The van der Waals surface area contributed by atoms with Gasteiger partial charge in [-0.1, -0.05) is 0 Å². The van der Waals surface area contributed by atoms with Crippen LogP contribution in [0.3, 0.4) is 0 Å². The Kier molecular flexibility index (Phi) is 2.47. The van der Waals surface area contributed by atoms with E-state index in [2.05, 4.69) is 9.40 Å². The van der Waals surface area contributed by atoms with E-state index in [4.69, 9.17) is 4.74 Å². The van der Waals surface area contributed by atoms with Crippen molar-refractivity contribution in [3.05, 3.63) is 38.9 Å². The van der Waals surface area contributed by atoms with E-state index < -0.39 is 17.2 Å². The number of fused-ring (bicyclic) bond motifs is 1. The Bertz CT molecular complexity index is 643. The predicted molar refractivity (Wildman–Crippen MR) is 54.2 cm³/mol. The van der Waals surface area contributed by atoms with Gasteiger partial charge in [-0.2, -0.15) is 0 Å². The second-order valence-electron chi connectivity index (χ2n) is 3.06. The average molecular weight is 225 g/mol. The summed E-state index contributed by atoms with van der Waals surface area (Å²) in [7, 11) is 0. The molecule has 2 aromatic rings. The van der Waals surface area contributed by atoms with Crippen molar-refractivity contribution >= 4 is 10.9 Å². The fraction of sp³-hybridized carbons (Fsp3) is 0.200. The second kappa shape index (κ2) is 3.80. The van der Waals surface area contributed by atoms with Crippen molar-refractivity contribution in [1.29, 1.82) is 0 Å². The Morgan fingerprint density at radius 1 is 1.44 bits per heavy atom. The van der Waals surface area contributed by atoms with Gasteiger partial charge in [0.05, 0.1) is 12.1 Å². The fourth-order valence-corrected chi connectivity index (χ4v) is 1.43. The summed E-state index contributed by atoms with van der Waals surface area (Å²) >= 11 is 0. The lowest BCUT2D eigenvalue weighted by Crippen LogP contribution is -2.15. The molecule has 1 aromatic carbocycles. The van der Waals surface area contributed by atoms with Crippen LogP contribution in [-0.4, -0.2) is 11.6 Å². The molecule has 0 aliphatic rings. The Morgan fingerprint density at radius 2 is 2.19 bits per heavy atom. The lowest BCUT2D eigenvalue weighted by Gasteiger charge is -2.05. The van der Waals surface area contributed by atoms with Gasteiger partial charge in [0.25, 0.3) is 0 Å². The van der Waals surface area contributed by atoms with Crippen LogP contribution < -0.4 is 16.1 Å². The van der Waals surface area contributed by atoms with Crippen molar-refractivity contribution < 1.29 is 13.5 Å². The Balaban J connectivity index is 2.90. The van der Waals surface area contributed by atoms with Crippen molar-refractivity contribution in [3.63, 3.8) is 0 Å². The van der Waals surface area contributed by atoms with Crippen LogP contribution in [0.2, 0.25) is 0 Å². The largest absolute Gasteiger partial charge is 0.493 e. The van der Waals surface area contributed by atoms with Crippen LogP contribution in [0.4, 0.5) is 4.39 Å². The summed E-state index contributed by atoms with van der Waals surface area (Å²) in [6.45, 7) is 1.97. The molecule has 16 heavy (non-hydrogen) atoms. The topological polar surface area (TPSA) is 72.3 Å².